The number of hydrogen-bond acceptors (Lipinski definition) is 3. The van der Waals surface area contributed by atoms with E-state index >= 15 is 0 Å². The molecule has 1 aromatic heterocycles. The zero-order valence-electron chi connectivity index (χ0n) is 14.3. The van der Waals surface area contributed by atoms with Crippen LogP contribution in [0, 0.1) is 0 Å². The number of hydrogen-bond donors (Lipinski definition) is 2. The second kappa shape index (κ2) is 7.91. The molecule has 2 amide bonds. The van der Waals surface area contributed by atoms with Crippen molar-refractivity contribution in [2.45, 2.75) is 6.18 Å². The van der Waals surface area contributed by atoms with Gasteiger partial charge in [0.25, 0.3) is 11.8 Å². The Morgan fingerprint density at radius 3 is 1.68 bits per heavy atom. The van der Waals surface area contributed by atoms with Gasteiger partial charge in [0.05, 0.1) is 5.56 Å². The third-order valence-electron chi connectivity index (χ3n) is 3.72. The molecular weight excluding hydrogens is 371 g/mol. The Kier molecular flexibility index (Phi) is 5.39. The van der Waals surface area contributed by atoms with Crippen LogP contribution in [0.2, 0.25) is 0 Å². The molecule has 0 saturated carbocycles. The highest BCUT2D eigenvalue weighted by molar-refractivity contribution is 6.06. The highest BCUT2D eigenvalue weighted by Gasteiger charge is 2.30. The number of carbonyl (C=O) groups is 2. The molecule has 0 bridgehead atoms. The number of nitrogens with zero attached hydrogens (tertiary/aromatic N) is 1. The predicted molar refractivity (Wildman–Crippen MR) is 98.0 cm³/mol. The number of rotatable bonds is 4. The summed E-state index contributed by atoms with van der Waals surface area (Å²) >= 11 is 0. The van der Waals surface area contributed by atoms with Gasteiger partial charge in [-0.2, -0.15) is 13.2 Å². The molecule has 0 aliphatic carbocycles. The van der Waals surface area contributed by atoms with Gasteiger partial charge in [-0.05, 0) is 48.5 Å². The first-order valence-electron chi connectivity index (χ1n) is 8.15. The minimum atomic E-state index is -4.45. The molecule has 0 unspecified atom stereocenters. The van der Waals surface area contributed by atoms with Gasteiger partial charge in [0.1, 0.15) is 11.4 Å². The lowest BCUT2D eigenvalue weighted by Gasteiger charge is -2.09. The van der Waals surface area contributed by atoms with E-state index < -0.39 is 23.6 Å². The Labute approximate surface area is 158 Å². The molecule has 2 N–H and O–H groups in total. The maximum Gasteiger partial charge on any atom is 0.416 e. The minimum absolute atomic E-state index is 0.0314. The molecule has 8 heteroatoms. The first-order valence-corrected chi connectivity index (χ1v) is 8.15. The van der Waals surface area contributed by atoms with E-state index in [-0.39, 0.29) is 17.1 Å². The fourth-order valence-electron chi connectivity index (χ4n) is 2.34. The first kappa shape index (κ1) is 19.1. The molecule has 0 fully saturated rings. The first-order chi connectivity index (χ1) is 13.3. The van der Waals surface area contributed by atoms with E-state index in [4.69, 9.17) is 0 Å². The van der Waals surface area contributed by atoms with Crippen LogP contribution in [0.1, 0.15) is 26.5 Å². The molecule has 0 atom stereocenters. The summed E-state index contributed by atoms with van der Waals surface area (Å²) in [5.41, 5.74) is -0.0689. The molecule has 3 rings (SSSR count). The van der Waals surface area contributed by atoms with Gasteiger partial charge in [0, 0.05) is 11.4 Å². The fourth-order valence-corrected chi connectivity index (χ4v) is 2.34. The fraction of sp³-hybridized carbons (Fsp3) is 0.0500. The number of anilines is 2. The number of nitrogens with one attached hydrogen (secondary N) is 2. The smallest absolute Gasteiger partial charge is 0.321 e. The minimum Gasteiger partial charge on any atom is -0.321 e. The summed E-state index contributed by atoms with van der Waals surface area (Å²) in [4.78, 5) is 28.6. The Morgan fingerprint density at radius 1 is 0.679 bits per heavy atom. The molecule has 28 heavy (non-hydrogen) atoms. The Balaban J connectivity index is 1.71. The number of aromatic nitrogens is 1. The van der Waals surface area contributed by atoms with E-state index in [9.17, 15) is 22.8 Å². The van der Waals surface area contributed by atoms with Crippen LogP contribution in [-0.4, -0.2) is 16.8 Å². The topological polar surface area (TPSA) is 71.1 Å². The molecule has 1 heterocycles. The van der Waals surface area contributed by atoms with Crippen molar-refractivity contribution in [2.75, 3.05) is 10.6 Å². The van der Waals surface area contributed by atoms with E-state index in [0.29, 0.717) is 5.69 Å². The summed E-state index contributed by atoms with van der Waals surface area (Å²) in [6.07, 6.45) is -4.45. The van der Waals surface area contributed by atoms with Crippen LogP contribution in [0.25, 0.3) is 0 Å². The summed E-state index contributed by atoms with van der Waals surface area (Å²) in [7, 11) is 0. The third kappa shape index (κ3) is 4.73. The van der Waals surface area contributed by atoms with Crippen molar-refractivity contribution in [3.05, 3.63) is 89.7 Å². The summed E-state index contributed by atoms with van der Waals surface area (Å²) in [5.74, 6) is -1.13. The highest BCUT2D eigenvalue weighted by atomic mass is 19.4. The number of amides is 2. The number of benzene rings is 2. The van der Waals surface area contributed by atoms with Crippen LogP contribution < -0.4 is 10.6 Å². The van der Waals surface area contributed by atoms with Gasteiger partial charge in [0.15, 0.2) is 0 Å². The lowest BCUT2D eigenvalue weighted by molar-refractivity contribution is -0.137. The number of carbonyl (C=O) groups excluding carboxylic acids is 2. The standard InChI is InChI=1S/C20H14F3N3O2/c21-20(22,23)13-9-11-15(12-10-13)25-19(28)17-8-4-7-16(26-17)18(27)24-14-5-2-1-3-6-14/h1-12H,(H,24,27)(H,25,28). The maximum absolute atomic E-state index is 12.6. The Bertz CT molecular complexity index is 988. The second-order valence-corrected chi connectivity index (χ2v) is 5.76. The molecule has 3 aromatic rings. The van der Waals surface area contributed by atoms with Crippen molar-refractivity contribution in [3.8, 4) is 0 Å². The van der Waals surface area contributed by atoms with Crippen molar-refractivity contribution < 1.29 is 22.8 Å². The zero-order chi connectivity index (χ0) is 20.1. The maximum atomic E-state index is 12.6. The van der Waals surface area contributed by atoms with E-state index in [2.05, 4.69) is 15.6 Å². The van der Waals surface area contributed by atoms with Crippen molar-refractivity contribution in [3.63, 3.8) is 0 Å². The number of halogens is 3. The van der Waals surface area contributed by atoms with Gasteiger partial charge in [-0.1, -0.05) is 24.3 Å². The van der Waals surface area contributed by atoms with Crippen molar-refractivity contribution in [2.24, 2.45) is 0 Å². The van der Waals surface area contributed by atoms with E-state index in [1.807, 2.05) is 0 Å². The molecule has 0 spiro atoms. The van der Waals surface area contributed by atoms with E-state index in [1.165, 1.54) is 18.2 Å². The summed E-state index contributed by atoms with van der Waals surface area (Å²) in [6, 6.07) is 17.1. The van der Waals surface area contributed by atoms with Gasteiger partial charge in [0.2, 0.25) is 0 Å². The molecule has 0 aliphatic heterocycles. The zero-order valence-corrected chi connectivity index (χ0v) is 14.3. The van der Waals surface area contributed by atoms with Crippen LogP contribution in [0.3, 0.4) is 0 Å². The largest absolute Gasteiger partial charge is 0.416 e. The molecule has 5 nitrogen and oxygen atoms in total. The number of para-hydroxylation sites is 1. The van der Waals surface area contributed by atoms with Gasteiger partial charge < -0.3 is 10.6 Å². The normalized spacial score (nSPS) is 11.0. The average Bonchev–Trinajstić information content (AvgIpc) is 2.68. The van der Waals surface area contributed by atoms with E-state index in [0.717, 1.165) is 24.3 Å². The molecule has 0 saturated heterocycles. The van der Waals surface area contributed by atoms with Crippen LogP contribution in [0.4, 0.5) is 24.5 Å². The average molecular weight is 385 g/mol. The predicted octanol–water partition coefficient (Wildman–Crippen LogP) is 4.61. The monoisotopic (exact) mass is 385 g/mol. The van der Waals surface area contributed by atoms with Gasteiger partial charge in [-0.3, -0.25) is 9.59 Å². The van der Waals surface area contributed by atoms with Crippen LogP contribution >= 0.6 is 0 Å². The van der Waals surface area contributed by atoms with E-state index in [1.54, 1.807) is 30.3 Å². The number of alkyl halides is 3. The lowest BCUT2D eigenvalue weighted by Crippen LogP contribution is -2.18. The van der Waals surface area contributed by atoms with Crippen LogP contribution in [-0.2, 0) is 6.18 Å². The van der Waals surface area contributed by atoms with Crippen molar-refractivity contribution in [1.29, 1.82) is 0 Å². The highest BCUT2D eigenvalue weighted by Crippen LogP contribution is 2.29. The second-order valence-electron chi connectivity index (χ2n) is 5.76. The number of pyridine rings is 1. The molecule has 142 valence electrons. The van der Waals surface area contributed by atoms with Gasteiger partial charge in [-0.25, -0.2) is 4.98 Å². The summed E-state index contributed by atoms with van der Waals surface area (Å²) in [6.45, 7) is 0. The molecule has 2 aromatic carbocycles. The Hall–Kier alpha value is -3.68. The van der Waals surface area contributed by atoms with Crippen molar-refractivity contribution >= 4 is 23.2 Å². The van der Waals surface area contributed by atoms with Gasteiger partial charge >= 0.3 is 6.18 Å². The van der Waals surface area contributed by atoms with Crippen molar-refractivity contribution in [1.82, 2.24) is 4.98 Å². The summed E-state index contributed by atoms with van der Waals surface area (Å²) < 4.78 is 37.8. The lowest BCUT2D eigenvalue weighted by atomic mass is 10.2. The van der Waals surface area contributed by atoms with Crippen LogP contribution in [0.5, 0.6) is 0 Å². The Morgan fingerprint density at radius 2 is 1.18 bits per heavy atom. The van der Waals surface area contributed by atoms with Gasteiger partial charge in [-0.15, -0.1) is 0 Å². The SMILES string of the molecule is O=C(Nc1ccccc1)c1cccc(C(=O)Nc2ccc(C(F)(F)F)cc2)n1. The molecular formula is C20H14F3N3O2. The summed E-state index contributed by atoms with van der Waals surface area (Å²) in [5, 5.41) is 5.11. The molecule has 0 radical (unpaired) electrons. The third-order valence-corrected chi connectivity index (χ3v) is 3.72. The van der Waals surface area contributed by atoms with Crippen LogP contribution in [0.15, 0.2) is 72.8 Å². The molecule has 0 aliphatic rings. The quantitative estimate of drug-likeness (QED) is 0.689.